The summed E-state index contributed by atoms with van der Waals surface area (Å²) in [6.45, 7) is 0.934. The van der Waals surface area contributed by atoms with Crippen LogP contribution in [-0.4, -0.2) is 17.6 Å². The molecule has 2 N–H and O–H groups in total. The van der Waals surface area contributed by atoms with Crippen molar-refractivity contribution in [2.75, 3.05) is 6.54 Å². The zero-order valence-electron chi connectivity index (χ0n) is 15.6. The molecule has 1 aliphatic rings. The maximum Gasteiger partial charge on any atom is 0.417 e. The molecule has 0 unspecified atom stereocenters. The van der Waals surface area contributed by atoms with Gasteiger partial charge in [-0.15, -0.1) is 0 Å². The number of hydrogen-bond acceptors (Lipinski definition) is 3. The summed E-state index contributed by atoms with van der Waals surface area (Å²) in [7, 11) is 0. The van der Waals surface area contributed by atoms with Crippen LogP contribution in [0.4, 0.5) is 4.39 Å². The zero-order valence-corrected chi connectivity index (χ0v) is 16.4. The fourth-order valence-corrected chi connectivity index (χ4v) is 4.42. The fraction of sp³-hybridized carbons (Fsp3) is 0.409. The van der Waals surface area contributed by atoms with Gasteiger partial charge in [0.2, 0.25) is 0 Å². The van der Waals surface area contributed by atoms with E-state index >= 15 is 0 Å². The van der Waals surface area contributed by atoms with E-state index in [0.29, 0.717) is 22.6 Å². The highest BCUT2D eigenvalue weighted by Crippen LogP contribution is 2.34. The van der Waals surface area contributed by atoms with E-state index in [4.69, 9.17) is 16.0 Å². The van der Waals surface area contributed by atoms with Gasteiger partial charge in [0.1, 0.15) is 5.82 Å². The molecule has 0 saturated heterocycles. The lowest BCUT2D eigenvalue weighted by Crippen LogP contribution is -2.33. The van der Waals surface area contributed by atoms with E-state index in [1.54, 1.807) is 6.07 Å². The summed E-state index contributed by atoms with van der Waals surface area (Å²) in [6.07, 6.45) is 6.36. The first-order valence-corrected chi connectivity index (χ1v) is 10.3. The molecular weight excluding hydrogens is 379 g/mol. The van der Waals surface area contributed by atoms with Crippen molar-refractivity contribution in [3.8, 4) is 0 Å². The van der Waals surface area contributed by atoms with Crippen molar-refractivity contribution in [2.45, 2.75) is 50.5 Å². The van der Waals surface area contributed by atoms with E-state index in [1.807, 2.05) is 12.1 Å². The van der Waals surface area contributed by atoms with Gasteiger partial charge in [0.15, 0.2) is 5.58 Å². The summed E-state index contributed by atoms with van der Waals surface area (Å²) < 4.78 is 18.3. The smallest absolute Gasteiger partial charge is 0.408 e. The van der Waals surface area contributed by atoms with Crippen molar-refractivity contribution in [3.63, 3.8) is 0 Å². The molecule has 4 rings (SSSR count). The van der Waals surface area contributed by atoms with Crippen molar-refractivity contribution in [3.05, 3.63) is 68.9 Å². The molecule has 4 nitrogen and oxygen atoms in total. The van der Waals surface area contributed by atoms with Gasteiger partial charge in [-0.05, 0) is 86.4 Å². The Hall–Kier alpha value is -2.11. The average molecular weight is 403 g/mol. The number of benzene rings is 2. The lowest BCUT2D eigenvalue weighted by molar-refractivity contribution is 0.342. The maximum absolute atomic E-state index is 13.1. The van der Waals surface area contributed by atoms with Gasteiger partial charge >= 0.3 is 5.76 Å². The summed E-state index contributed by atoms with van der Waals surface area (Å²) in [5, 5.41) is 4.16. The molecule has 0 bridgehead atoms. The van der Waals surface area contributed by atoms with Crippen molar-refractivity contribution >= 4 is 22.7 Å². The maximum atomic E-state index is 13.1. The van der Waals surface area contributed by atoms with Gasteiger partial charge in [0.25, 0.3) is 0 Å². The second-order valence-corrected chi connectivity index (χ2v) is 8.02. The molecule has 1 aromatic heterocycles. The van der Waals surface area contributed by atoms with Gasteiger partial charge in [0, 0.05) is 11.1 Å². The molecule has 0 aliphatic heterocycles. The van der Waals surface area contributed by atoms with Gasteiger partial charge in [-0.25, -0.2) is 9.18 Å². The summed E-state index contributed by atoms with van der Waals surface area (Å²) in [5.41, 5.74) is 3.65. The molecule has 1 saturated carbocycles. The Morgan fingerprint density at radius 1 is 1.14 bits per heavy atom. The summed E-state index contributed by atoms with van der Waals surface area (Å²) in [6, 6.07) is 11.2. The minimum absolute atomic E-state index is 0.290. The molecule has 0 amide bonds. The van der Waals surface area contributed by atoms with Gasteiger partial charge < -0.3 is 9.73 Å². The standard InChI is InChI=1S/C22H24ClFN2O2/c23-19-13-17(24)7-3-15(19)2-1-11-25-18-8-4-14(5-9-18)16-6-10-20-21(12-16)28-22(27)26-20/h3,6-7,10,12-14,18,25H,1-2,4-5,8-9,11H2,(H,26,27). The molecule has 2 aromatic carbocycles. The van der Waals surface area contributed by atoms with Crippen LogP contribution in [0.2, 0.25) is 5.02 Å². The third-order valence-corrected chi connectivity index (χ3v) is 6.07. The Kier molecular flexibility index (Phi) is 5.83. The number of fused-ring (bicyclic) bond motifs is 1. The predicted molar refractivity (Wildman–Crippen MR) is 110 cm³/mol. The molecule has 28 heavy (non-hydrogen) atoms. The summed E-state index contributed by atoms with van der Waals surface area (Å²) >= 11 is 6.08. The van der Waals surface area contributed by atoms with Crippen LogP contribution in [0.25, 0.3) is 11.1 Å². The fourth-order valence-electron chi connectivity index (χ4n) is 4.16. The van der Waals surface area contributed by atoms with Crippen molar-refractivity contribution in [1.82, 2.24) is 10.3 Å². The van der Waals surface area contributed by atoms with Crippen LogP contribution in [0, 0.1) is 5.82 Å². The molecule has 1 aliphatic carbocycles. The topological polar surface area (TPSA) is 58.0 Å². The van der Waals surface area contributed by atoms with Crippen LogP contribution in [0.1, 0.15) is 49.1 Å². The van der Waals surface area contributed by atoms with E-state index in [-0.39, 0.29) is 5.82 Å². The lowest BCUT2D eigenvalue weighted by Gasteiger charge is -2.29. The Balaban J connectivity index is 1.23. The van der Waals surface area contributed by atoms with Gasteiger partial charge in [-0.3, -0.25) is 4.98 Å². The Labute approximate surface area is 168 Å². The molecule has 148 valence electrons. The minimum Gasteiger partial charge on any atom is -0.408 e. The number of aryl methyl sites for hydroxylation is 1. The van der Waals surface area contributed by atoms with E-state index < -0.39 is 5.76 Å². The molecule has 6 heteroatoms. The first-order chi connectivity index (χ1) is 13.6. The SMILES string of the molecule is O=c1[nH]c2ccc(C3CCC(NCCCc4ccc(F)cc4Cl)CC3)cc2o1. The summed E-state index contributed by atoms with van der Waals surface area (Å²) in [4.78, 5) is 14.0. The van der Waals surface area contributed by atoms with Crippen molar-refractivity contribution in [2.24, 2.45) is 0 Å². The number of rotatable bonds is 6. The average Bonchev–Trinajstić information content (AvgIpc) is 3.06. The highest BCUT2D eigenvalue weighted by Gasteiger charge is 2.22. The third kappa shape index (κ3) is 4.47. The van der Waals surface area contributed by atoms with E-state index in [2.05, 4.69) is 16.4 Å². The van der Waals surface area contributed by atoms with E-state index in [0.717, 1.165) is 56.1 Å². The van der Waals surface area contributed by atoms with Crippen LogP contribution in [-0.2, 0) is 6.42 Å². The van der Waals surface area contributed by atoms with E-state index in [9.17, 15) is 9.18 Å². The lowest BCUT2D eigenvalue weighted by atomic mass is 9.81. The Bertz CT molecular complexity index is 1010. The quantitative estimate of drug-likeness (QED) is 0.560. The van der Waals surface area contributed by atoms with Crippen LogP contribution >= 0.6 is 11.6 Å². The van der Waals surface area contributed by atoms with Gasteiger partial charge in [-0.2, -0.15) is 0 Å². The number of halogens is 2. The predicted octanol–water partition coefficient (Wildman–Crippen LogP) is 5.16. The van der Waals surface area contributed by atoms with Crippen LogP contribution < -0.4 is 11.1 Å². The van der Waals surface area contributed by atoms with Crippen LogP contribution in [0.5, 0.6) is 0 Å². The number of nitrogens with one attached hydrogen (secondary N) is 2. The van der Waals surface area contributed by atoms with Crippen LogP contribution in [0.15, 0.2) is 45.6 Å². The van der Waals surface area contributed by atoms with Crippen molar-refractivity contribution < 1.29 is 8.81 Å². The monoisotopic (exact) mass is 402 g/mol. The molecule has 0 atom stereocenters. The highest BCUT2D eigenvalue weighted by atomic mass is 35.5. The number of hydrogen-bond donors (Lipinski definition) is 2. The number of aromatic amines is 1. The number of aromatic nitrogens is 1. The van der Waals surface area contributed by atoms with Crippen molar-refractivity contribution in [1.29, 1.82) is 0 Å². The van der Waals surface area contributed by atoms with E-state index in [1.165, 1.54) is 17.7 Å². The minimum atomic E-state index is -0.401. The third-order valence-electron chi connectivity index (χ3n) is 5.71. The van der Waals surface area contributed by atoms with Crippen LogP contribution in [0.3, 0.4) is 0 Å². The molecule has 1 heterocycles. The Morgan fingerprint density at radius 2 is 1.96 bits per heavy atom. The number of H-pyrrole nitrogens is 1. The zero-order chi connectivity index (χ0) is 19.5. The molecule has 1 fully saturated rings. The van der Waals surface area contributed by atoms with Gasteiger partial charge in [0.05, 0.1) is 5.52 Å². The molecular formula is C22H24ClFN2O2. The second kappa shape index (κ2) is 8.50. The summed E-state index contributed by atoms with van der Waals surface area (Å²) in [5.74, 6) is -0.177. The molecule has 0 spiro atoms. The highest BCUT2D eigenvalue weighted by molar-refractivity contribution is 6.31. The Morgan fingerprint density at radius 3 is 2.75 bits per heavy atom. The normalized spacial score (nSPS) is 19.9. The number of oxazole rings is 1. The molecule has 3 aromatic rings. The second-order valence-electron chi connectivity index (χ2n) is 7.61. The first kappa shape index (κ1) is 19.2. The molecule has 0 radical (unpaired) electrons. The largest absolute Gasteiger partial charge is 0.417 e. The first-order valence-electron chi connectivity index (χ1n) is 9.88. The van der Waals surface area contributed by atoms with Gasteiger partial charge in [-0.1, -0.05) is 23.7 Å².